The molecule has 0 saturated carbocycles. The Balaban J connectivity index is -0.000000461. The normalized spacial score (nSPS) is 8.28. The molecule has 0 bridgehead atoms. The molecule has 1 aromatic heterocycles. The number of hydrogen-bond donors (Lipinski definition) is 8. The number of carboxylic acid groups (broad SMARTS) is 1. The first kappa shape index (κ1) is 36.6. The van der Waals surface area contributed by atoms with Crippen molar-refractivity contribution in [3.63, 3.8) is 0 Å². The van der Waals surface area contributed by atoms with Crippen molar-refractivity contribution in [2.75, 3.05) is 32.5 Å². The van der Waals surface area contributed by atoms with Crippen molar-refractivity contribution in [1.82, 2.24) is 16.0 Å². The van der Waals surface area contributed by atoms with Gasteiger partial charge in [-0.05, 0) is 35.7 Å². The van der Waals surface area contributed by atoms with Gasteiger partial charge in [-0.15, -0.1) is 11.3 Å². The standard InChI is InChI=1S/C9H13N3O2S.C9H12N2O.C2H4O2.C2H6.CH4N2/c10-4-8(13)12-6-9(14)11-5-7-2-1-3-15-7;1-10-8-5-3-7(4-6-8)9(12)11-2;1-2(3)4;1-2;2-1-3/h1-3H,4-6,10H2,(H,11,14)(H,12,13);3-6,10H,1-2H3,(H,11,12);1H3,(H,3,4);1-2H3;1H,(H3,2,3). The topological polar surface area (TPSA) is 213 Å². The van der Waals surface area contributed by atoms with E-state index in [1.807, 2.05) is 50.5 Å². The number of rotatable bonds is 7. The number of amides is 3. The van der Waals surface area contributed by atoms with Gasteiger partial charge in [-0.2, -0.15) is 0 Å². The number of nitrogens with one attached hydrogen (secondary N) is 5. The van der Waals surface area contributed by atoms with Gasteiger partial charge in [0.25, 0.3) is 11.9 Å². The third-order valence-electron chi connectivity index (χ3n) is 3.33. The molecule has 12 nitrogen and oxygen atoms in total. The molecule has 0 aliphatic carbocycles. The fraction of sp³-hybridized carbons (Fsp3) is 0.348. The van der Waals surface area contributed by atoms with E-state index in [-0.39, 0.29) is 30.8 Å². The maximum Gasteiger partial charge on any atom is 0.300 e. The van der Waals surface area contributed by atoms with Crippen molar-refractivity contribution in [3.05, 3.63) is 52.2 Å². The summed E-state index contributed by atoms with van der Waals surface area (Å²) in [5, 5.41) is 25.8. The zero-order valence-electron chi connectivity index (χ0n) is 21.4. The van der Waals surface area contributed by atoms with E-state index < -0.39 is 5.97 Å². The van der Waals surface area contributed by atoms with E-state index in [2.05, 4.69) is 27.0 Å². The molecule has 2 aromatic rings. The number of aliphatic carboxylic acids is 1. The summed E-state index contributed by atoms with van der Waals surface area (Å²) in [5.41, 5.74) is 11.1. The summed E-state index contributed by atoms with van der Waals surface area (Å²) in [6.07, 6.45) is 0.750. The van der Waals surface area contributed by atoms with E-state index in [1.54, 1.807) is 30.5 Å². The number of anilines is 1. The predicted octanol–water partition coefficient (Wildman–Crippen LogP) is 1.20. The maximum atomic E-state index is 11.2. The van der Waals surface area contributed by atoms with Gasteiger partial charge in [-0.25, -0.2) is 0 Å². The first-order valence-corrected chi connectivity index (χ1v) is 11.7. The SMILES string of the molecule is CC.CC(=O)O.CNC(=O)c1ccc(NC)cc1.N=CN.NCC(=O)NCC(=O)NCc1cccs1. The molecule has 13 heteroatoms. The lowest BCUT2D eigenvalue weighted by molar-refractivity contribution is -0.134. The highest BCUT2D eigenvalue weighted by molar-refractivity contribution is 7.09. The van der Waals surface area contributed by atoms with Gasteiger partial charge in [-0.3, -0.25) is 24.6 Å². The molecule has 1 aromatic carbocycles. The molecule has 202 valence electrons. The summed E-state index contributed by atoms with van der Waals surface area (Å²) in [5.74, 6) is -1.44. The summed E-state index contributed by atoms with van der Waals surface area (Å²) in [7, 11) is 3.46. The van der Waals surface area contributed by atoms with Crippen LogP contribution >= 0.6 is 11.3 Å². The number of carboxylic acids is 1. The molecule has 10 N–H and O–H groups in total. The van der Waals surface area contributed by atoms with E-state index >= 15 is 0 Å². The minimum Gasteiger partial charge on any atom is -0.481 e. The fourth-order valence-electron chi connectivity index (χ4n) is 1.85. The van der Waals surface area contributed by atoms with Crippen molar-refractivity contribution in [1.29, 1.82) is 5.41 Å². The molecule has 0 aliphatic rings. The molecule has 36 heavy (non-hydrogen) atoms. The molecule has 0 radical (unpaired) electrons. The van der Waals surface area contributed by atoms with Crippen LogP contribution in [-0.2, 0) is 20.9 Å². The number of thiophene rings is 1. The minimum atomic E-state index is -0.833. The summed E-state index contributed by atoms with van der Waals surface area (Å²) in [6.45, 7) is 5.45. The molecule has 0 aliphatic heterocycles. The Morgan fingerprint density at radius 2 is 1.56 bits per heavy atom. The van der Waals surface area contributed by atoms with Crippen LogP contribution in [0.25, 0.3) is 0 Å². The zero-order chi connectivity index (χ0) is 28.4. The summed E-state index contributed by atoms with van der Waals surface area (Å²) >= 11 is 1.57. The highest BCUT2D eigenvalue weighted by Gasteiger charge is 2.03. The molecule has 0 atom stereocenters. The van der Waals surface area contributed by atoms with Gasteiger partial charge in [0.05, 0.1) is 26.0 Å². The number of hydrogen-bond acceptors (Lipinski definition) is 8. The van der Waals surface area contributed by atoms with Crippen LogP contribution < -0.4 is 32.7 Å². The molecule has 0 unspecified atom stereocenters. The van der Waals surface area contributed by atoms with Crippen LogP contribution in [0.4, 0.5) is 5.69 Å². The number of benzene rings is 1. The van der Waals surface area contributed by atoms with E-state index in [1.165, 1.54) is 0 Å². The van der Waals surface area contributed by atoms with Gasteiger partial charge in [0.2, 0.25) is 11.8 Å². The van der Waals surface area contributed by atoms with Crippen molar-refractivity contribution in [3.8, 4) is 0 Å². The minimum absolute atomic E-state index is 0.0264. The number of carbonyl (C=O) groups is 4. The highest BCUT2D eigenvalue weighted by Crippen LogP contribution is 2.08. The average Bonchev–Trinajstić information content (AvgIpc) is 3.41. The molecular formula is C23H39N7O5S. The lowest BCUT2D eigenvalue weighted by Gasteiger charge is -2.04. The van der Waals surface area contributed by atoms with Gasteiger partial charge < -0.3 is 37.8 Å². The van der Waals surface area contributed by atoms with Crippen LogP contribution in [0.2, 0.25) is 0 Å². The molecule has 0 saturated heterocycles. The second kappa shape index (κ2) is 25.6. The second-order valence-electron chi connectivity index (χ2n) is 5.93. The van der Waals surface area contributed by atoms with Crippen LogP contribution in [0.5, 0.6) is 0 Å². The van der Waals surface area contributed by atoms with Crippen molar-refractivity contribution in [2.24, 2.45) is 11.5 Å². The number of nitrogens with two attached hydrogens (primary N) is 2. The molecule has 0 spiro atoms. The lowest BCUT2D eigenvalue weighted by Crippen LogP contribution is -2.39. The van der Waals surface area contributed by atoms with Gasteiger partial charge in [0.15, 0.2) is 0 Å². The first-order valence-electron chi connectivity index (χ1n) is 10.8. The van der Waals surface area contributed by atoms with E-state index in [9.17, 15) is 14.4 Å². The fourth-order valence-corrected chi connectivity index (χ4v) is 2.49. The smallest absolute Gasteiger partial charge is 0.300 e. The van der Waals surface area contributed by atoms with Gasteiger partial charge in [-0.1, -0.05) is 19.9 Å². The lowest BCUT2D eigenvalue weighted by atomic mass is 10.2. The summed E-state index contributed by atoms with van der Waals surface area (Å²) < 4.78 is 0. The third kappa shape index (κ3) is 23.2. The van der Waals surface area contributed by atoms with Crippen molar-refractivity contribution < 1.29 is 24.3 Å². The molecule has 1 heterocycles. The largest absolute Gasteiger partial charge is 0.481 e. The van der Waals surface area contributed by atoms with Crippen molar-refractivity contribution in [2.45, 2.75) is 27.3 Å². The Kier molecular flexibility index (Phi) is 26.1. The van der Waals surface area contributed by atoms with E-state index in [0.29, 0.717) is 12.1 Å². The number of carbonyl (C=O) groups excluding carboxylic acids is 3. The van der Waals surface area contributed by atoms with Crippen LogP contribution in [-0.4, -0.2) is 62.3 Å². The molecule has 2 rings (SSSR count). The quantitative estimate of drug-likeness (QED) is 0.194. The monoisotopic (exact) mass is 525 g/mol. The maximum absolute atomic E-state index is 11.2. The van der Waals surface area contributed by atoms with E-state index in [4.69, 9.17) is 21.0 Å². The molecular weight excluding hydrogens is 486 g/mol. The Morgan fingerprint density at radius 1 is 1.03 bits per heavy atom. The molecule has 3 amide bonds. The van der Waals surface area contributed by atoms with E-state index in [0.717, 1.165) is 23.8 Å². The van der Waals surface area contributed by atoms with Gasteiger partial charge >= 0.3 is 0 Å². The highest BCUT2D eigenvalue weighted by atomic mass is 32.1. The van der Waals surface area contributed by atoms with Crippen LogP contribution in [0.15, 0.2) is 41.8 Å². The van der Waals surface area contributed by atoms with Crippen LogP contribution in [0, 0.1) is 5.41 Å². The first-order chi connectivity index (χ1) is 17.1. The Morgan fingerprint density at radius 3 is 1.94 bits per heavy atom. The van der Waals surface area contributed by atoms with Gasteiger partial charge in [0.1, 0.15) is 0 Å². The Hall–Kier alpha value is -3.97. The van der Waals surface area contributed by atoms with Crippen LogP contribution in [0.1, 0.15) is 36.0 Å². The average molecular weight is 526 g/mol. The van der Waals surface area contributed by atoms with Gasteiger partial charge in [0, 0.05) is 37.1 Å². The third-order valence-corrected chi connectivity index (χ3v) is 4.21. The second-order valence-corrected chi connectivity index (χ2v) is 6.96. The Labute approximate surface area is 216 Å². The Bertz CT molecular complexity index is 856. The predicted molar refractivity (Wildman–Crippen MR) is 145 cm³/mol. The molecule has 0 fully saturated rings. The van der Waals surface area contributed by atoms with Crippen molar-refractivity contribution >= 4 is 47.1 Å². The summed E-state index contributed by atoms with van der Waals surface area (Å²) in [4.78, 5) is 43.1. The zero-order valence-corrected chi connectivity index (χ0v) is 22.2. The summed E-state index contributed by atoms with van der Waals surface area (Å²) in [6, 6.07) is 11.1. The van der Waals surface area contributed by atoms with Crippen LogP contribution in [0.3, 0.4) is 0 Å².